The Hall–Kier alpha value is -3.41. The molecule has 28 heavy (non-hydrogen) atoms. The third-order valence-corrected chi connectivity index (χ3v) is 4.18. The first-order valence-electron chi connectivity index (χ1n) is 9.29. The lowest BCUT2D eigenvalue weighted by Gasteiger charge is -2.14. The molecular formula is C22H24N4O2. The molecule has 1 heterocycles. The van der Waals surface area contributed by atoms with Crippen LogP contribution in [0.4, 0.5) is 17.3 Å². The SMILES string of the molecule is CCOc1ccccc1Nc1ncc(C(=O)Nc2ccccc2C(C)C)cn1. The summed E-state index contributed by atoms with van der Waals surface area (Å²) < 4.78 is 5.59. The highest BCUT2D eigenvalue weighted by atomic mass is 16.5. The van der Waals surface area contributed by atoms with Crippen LogP contribution < -0.4 is 15.4 Å². The van der Waals surface area contributed by atoms with Crippen molar-refractivity contribution in [2.45, 2.75) is 26.7 Å². The van der Waals surface area contributed by atoms with E-state index in [1.807, 2.05) is 55.5 Å². The van der Waals surface area contributed by atoms with E-state index in [4.69, 9.17) is 4.74 Å². The molecule has 6 nitrogen and oxygen atoms in total. The number of nitrogens with one attached hydrogen (secondary N) is 2. The van der Waals surface area contributed by atoms with E-state index in [1.54, 1.807) is 0 Å². The highest BCUT2D eigenvalue weighted by Crippen LogP contribution is 2.26. The third kappa shape index (κ3) is 4.65. The molecule has 0 saturated carbocycles. The van der Waals surface area contributed by atoms with E-state index in [0.717, 1.165) is 22.7 Å². The fraction of sp³-hybridized carbons (Fsp3) is 0.227. The predicted octanol–water partition coefficient (Wildman–Crippen LogP) is 4.99. The van der Waals surface area contributed by atoms with Crippen molar-refractivity contribution in [2.24, 2.45) is 0 Å². The summed E-state index contributed by atoms with van der Waals surface area (Å²) in [6.07, 6.45) is 3.01. The Labute approximate surface area is 165 Å². The molecule has 6 heteroatoms. The van der Waals surface area contributed by atoms with Crippen molar-refractivity contribution < 1.29 is 9.53 Å². The Kier molecular flexibility index (Phi) is 6.22. The summed E-state index contributed by atoms with van der Waals surface area (Å²) in [4.78, 5) is 21.1. The van der Waals surface area contributed by atoms with E-state index >= 15 is 0 Å². The average Bonchev–Trinajstić information content (AvgIpc) is 2.70. The number of anilines is 3. The second kappa shape index (κ2) is 8.99. The van der Waals surface area contributed by atoms with Crippen molar-refractivity contribution in [3.8, 4) is 5.75 Å². The maximum atomic E-state index is 12.6. The van der Waals surface area contributed by atoms with Gasteiger partial charge in [-0.15, -0.1) is 0 Å². The lowest BCUT2D eigenvalue weighted by Crippen LogP contribution is -2.14. The van der Waals surface area contributed by atoms with E-state index in [-0.39, 0.29) is 5.91 Å². The molecule has 3 rings (SSSR count). The second-order valence-corrected chi connectivity index (χ2v) is 6.55. The average molecular weight is 376 g/mol. The molecule has 0 spiro atoms. The number of aromatic nitrogens is 2. The van der Waals surface area contributed by atoms with Crippen molar-refractivity contribution >= 4 is 23.2 Å². The van der Waals surface area contributed by atoms with Crippen LogP contribution in [0.15, 0.2) is 60.9 Å². The Balaban J connectivity index is 1.72. The second-order valence-electron chi connectivity index (χ2n) is 6.55. The van der Waals surface area contributed by atoms with Gasteiger partial charge in [-0.3, -0.25) is 4.79 Å². The van der Waals surface area contributed by atoms with Gasteiger partial charge < -0.3 is 15.4 Å². The van der Waals surface area contributed by atoms with Crippen LogP contribution in [0, 0.1) is 0 Å². The summed E-state index contributed by atoms with van der Waals surface area (Å²) in [5.74, 6) is 1.19. The maximum Gasteiger partial charge on any atom is 0.258 e. The van der Waals surface area contributed by atoms with Gasteiger partial charge in [0.25, 0.3) is 5.91 Å². The van der Waals surface area contributed by atoms with E-state index < -0.39 is 0 Å². The van der Waals surface area contributed by atoms with Crippen LogP contribution in [-0.4, -0.2) is 22.5 Å². The number of amides is 1. The van der Waals surface area contributed by atoms with Crippen LogP contribution in [0.2, 0.25) is 0 Å². The quantitative estimate of drug-likeness (QED) is 0.607. The molecule has 0 aliphatic heterocycles. The molecule has 0 unspecified atom stereocenters. The van der Waals surface area contributed by atoms with Gasteiger partial charge in [0.1, 0.15) is 5.75 Å². The van der Waals surface area contributed by atoms with Crippen molar-refractivity contribution in [3.05, 3.63) is 72.1 Å². The number of carbonyl (C=O) groups excluding carboxylic acids is 1. The molecule has 1 amide bonds. The van der Waals surface area contributed by atoms with Crippen LogP contribution >= 0.6 is 0 Å². The van der Waals surface area contributed by atoms with E-state index in [9.17, 15) is 4.79 Å². The van der Waals surface area contributed by atoms with Crippen molar-refractivity contribution in [1.29, 1.82) is 0 Å². The predicted molar refractivity (Wildman–Crippen MR) is 111 cm³/mol. The first-order valence-corrected chi connectivity index (χ1v) is 9.29. The molecule has 1 aromatic heterocycles. The van der Waals surface area contributed by atoms with Crippen molar-refractivity contribution in [2.75, 3.05) is 17.2 Å². The summed E-state index contributed by atoms with van der Waals surface area (Å²) in [5, 5.41) is 6.06. The molecule has 0 saturated heterocycles. The molecule has 2 aromatic carbocycles. The summed E-state index contributed by atoms with van der Waals surface area (Å²) >= 11 is 0. The summed E-state index contributed by atoms with van der Waals surface area (Å²) in [6, 6.07) is 15.3. The minimum atomic E-state index is -0.241. The van der Waals surface area contributed by atoms with Gasteiger partial charge >= 0.3 is 0 Å². The van der Waals surface area contributed by atoms with Gasteiger partial charge in [-0.1, -0.05) is 44.2 Å². The van der Waals surface area contributed by atoms with Gasteiger partial charge in [-0.05, 0) is 36.6 Å². The van der Waals surface area contributed by atoms with Gasteiger partial charge in [-0.2, -0.15) is 0 Å². The number of para-hydroxylation sites is 3. The lowest BCUT2D eigenvalue weighted by atomic mass is 10.0. The number of hydrogen-bond acceptors (Lipinski definition) is 5. The van der Waals surface area contributed by atoms with E-state index in [0.29, 0.717) is 24.0 Å². The first kappa shape index (κ1) is 19.4. The molecule has 144 valence electrons. The molecule has 0 aliphatic carbocycles. The van der Waals surface area contributed by atoms with Crippen LogP contribution in [0.1, 0.15) is 42.6 Å². The Morgan fingerprint density at radius 2 is 1.64 bits per heavy atom. The molecule has 0 atom stereocenters. The van der Waals surface area contributed by atoms with Crippen LogP contribution in [0.5, 0.6) is 5.75 Å². The number of hydrogen-bond donors (Lipinski definition) is 2. The van der Waals surface area contributed by atoms with Gasteiger partial charge in [-0.25, -0.2) is 9.97 Å². The smallest absolute Gasteiger partial charge is 0.258 e. The third-order valence-electron chi connectivity index (χ3n) is 4.18. The summed E-state index contributed by atoms with van der Waals surface area (Å²) in [7, 11) is 0. The molecule has 0 aliphatic rings. The van der Waals surface area contributed by atoms with E-state index in [2.05, 4.69) is 34.4 Å². The molecule has 3 aromatic rings. The molecule has 0 fully saturated rings. The van der Waals surface area contributed by atoms with Gasteiger partial charge in [0.2, 0.25) is 5.95 Å². The Morgan fingerprint density at radius 1 is 1.00 bits per heavy atom. The number of ether oxygens (including phenoxy) is 1. The summed E-state index contributed by atoms with van der Waals surface area (Å²) in [5.41, 5.74) is 3.05. The zero-order valence-corrected chi connectivity index (χ0v) is 16.3. The molecule has 2 N–H and O–H groups in total. The fourth-order valence-electron chi connectivity index (χ4n) is 2.79. The standard InChI is InChI=1S/C22H24N4O2/c1-4-28-20-12-8-7-11-19(20)26-22-23-13-16(14-24-22)21(27)25-18-10-6-5-9-17(18)15(2)3/h5-15H,4H2,1-3H3,(H,25,27)(H,23,24,26). The zero-order chi connectivity index (χ0) is 19.9. The van der Waals surface area contributed by atoms with Crippen LogP contribution in [0.25, 0.3) is 0 Å². The fourth-order valence-corrected chi connectivity index (χ4v) is 2.79. The lowest BCUT2D eigenvalue weighted by molar-refractivity contribution is 0.102. The summed E-state index contributed by atoms with van der Waals surface area (Å²) in [6.45, 7) is 6.68. The van der Waals surface area contributed by atoms with Crippen LogP contribution in [0.3, 0.4) is 0 Å². The van der Waals surface area contributed by atoms with Gasteiger partial charge in [0.05, 0.1) is 17.9 Å². The highest BCUT2D eigenvalue weighted by molar-refractivity contribution is 6.04. The molecule has 0 radical (unpaired) electrons. The molecule has 0 bridgehead atoms. The van der Waals surface area contributed by atoms with Crippen LogP contribution in [-0.2, 0) is 0 Å². The number of rotatable bonds is 7. The highest BCUT2D eigenvalue weighted by Gasteiger charge is 2.12. The molecular weight excluding hydrogens is 352 g/mol. The number of benzene rings is 2. The van der Waals surface area contributed by atoms with Crippen molar-refractivity contribution in [3.63, 3.8) is 0 Å². The first-order chi connectivity index (χ1) is 13.6. The normalized spacial score (nSPS) is 10.6. The largest absolute Gasteiger partial charge is 0.492 e. The topological polar surface area (TPSA) is 76.1 Å². The number of nitrogens with zero attached hydrogens (tertiary/aromatic N) is 2. The maximum absolute atomic E-state index is 12.6. The van der Waals surface area contributed by atoms with Gasteiger partial charge in [0.15, 0.2) is 0 Å². The van der Waals surface area contributed by atoms with E-state index in [1.165, 1.54) is 12.4 Å². The Bertz CT molecular complexity index is 939. The van der Waals surface area contributed by atoms with Crippen molar-refractivity contribution in [1.82, 2.24) is 9.97 Å². The van der Waals surface area contributed by atoms with Gasteiger partial charge in [0, 0.05) is 18.1 Å². The minimum absolute atomic E-state index is 0.241. The zero-order valence-electron chi connectivity index (χ0n) is 16.3. The Morgan fingerprint density at radius 3 is 2.32 bits per heavy atom. The monoisotopic (exact) mass is 376 g/mol. The number of carbonyl (C=O) groups is 1. The minimum Gasteiger partial charge on any atom is -0.492 e.